The fraction of sp³-hybridized carbons (Fsp3) is 0. The van der Waals surface area contributed by atoms with Crippen molar-refractivity contribution in [1.29, 1.82) is 0 Å². The van der Waals surface area contributed by atoms with Crippen molar-refractivity contribution in [2.24, 2.45) is 0 Å². The molecule has 0 saturated heterocycles. The van der Waals surface area contributed by atoms with Crippen LogP contribution in [0, 0.1) is 0 Å². The number of rotatable bonds is 0. The third-order valence-corrected chi connectivity index (χ3v) is 0. The Labute approximate surface area is 57.8 Å². The van der Waals surface area contributed by atoms with Gasteiger partial charge in [0.15, 0.2) is 0 Å². The van der Waals surface area contributed by atoms with E-state index >= 15 is 0 Å². The van der Waals surface area contributed by atoms with Gasteiger partial charge in [-0.15, -0.1) is 0 Å². The molecule has 0 aromatic heterocycles. The molecule has 0 aromatic rings. The van der Waals surface area contributed by atoms with Gasteiger partial charge in [0.2, 0.25) is 0 Å². The third-order valence-electron chi connectivity index (χ3n) is 0. The van der Waals surface area contributed by atoms with Crippen LogP contribution in [0.1, 0.15) is 0 Å². The summed E-state index contributed by atoms with van der Waals surface area (Å²) in [6.07, 6.45) is 0. The molecule has 0 amide bonds. The molecule has 0 N–H and O–H groups in total. The monoisotopic (exact) mass is 137 g/mol. The van der Waals surface area contributed by atoms with Crippen LogP contribution in [-0.4, -0.2) is 0 Å². The van der Waals surface area contributed by atoms with Gasteiger partial charge in [0, 0.05) is 0 Å². The minimum Gasteiger partial charge on any atom is -2.00 e. The van der Waals surface area contributed by atoms with Crippen LogP contribution in [0.2, 0.25) is 0 Å². The fourth-order valence-corrected chi connectivity index (χ4v) is 0. The molecule has 0 spiro atoms. The van der Waals surface area contributed by atoms with Crippen LogP contribution in [-0.2, 0) is 39.0 Å². The standard InChI is InChI=1S/Fe.Li.Ni.O/q+2;+1;+2;-2. The Bertz CT molecular complexity index is 8.00. The summed E-state index contributed by atoms with van der Waals surface area (Å²) in [5.74, 6) is 0. The molecule has 0 rings (SSSR count). The molecular formula is FeLiNiO+3. The van der Waals surface area contributed by atoms with Crippen LogP contribution in [0.3, 0.4) is 0 Å². The minimum absolute atomic E-state index is 0. The van der Waals surface area contributed by atoms with Crippen molar-refractivity contribution in [2.45, 2.75) is 0 Å². The molecule has 0 aliphatic rings. The van der Waals surface area contributed by atoms with E-state index in [1.165, 1.54) is 0 Å². The summed E-state index contributed by atoms with van der Waals surface area (Å²) in [7, 11) is 0. The molecule has 0 heterocycles. The van der Waals surface area contributed by atoms with Crippen LogP contribution in [0.25, 0.3) is 0 Å². The van der Waals surface area contributed by atoms with Gasteiger partial charge in [-0.2, -0.15) is 0 Å². The SMILES string of the molecule is [Fe+2].[Li+].[Ni+2].[O-2]. The van der Waals surface area contributed by atoms with E-state index in [1.807, 2.05) is 0 Å². The Hall–Kier alpha value is 1.57. The smallest absolute Gasteiger partial charge is 2.00 e. The minimum atomic E-state index is 0. The molecule has 0 unspecified atom stereocenters. The van der Waals surface area contributed by atoms with Crippen molar-refractivity contribution in [3.05, 3.63) is 0 Å². The molecule has 22 valence electrons. The zero-order valence-electron chi connectivity index (χ0n) is 2.08. The van der Waals surface area contributed by atoms with Gasteiger partial charge in [-0.25, -0.2) is 0 Å². The molecule has 0 radical (unpaired) electrons. The van der Waals surface area contributed by atoms with Gasteiger partial charge in [-0.3, -0.25) is 0 Å². The van der Waals surface area contributed by atoms with E-state index in [-0.39, 0.29) is 57.9 Å². The predicted octanol–water partition coefficient (Wildman–Crippen LogP) is -3.12. The first kappa shape index (κ1) is 47.2. The molecule has 0 saturated carbocycles. The van der Waals surface area contributed by atoms with Gasteiger partial charge in [0.05, 0.1) is 0 Å². The second-order valence-corrected chi connectivity index (χ2v) is 0. The van der Waals surface area contributed by atoms with Crippen LogP contribution in [0.15, 0.2) is 0 Å². The third kappa shape index (κ3) is 9.57. The summed E-state index contributed by atoms with van der Waals surface area (Å²) in [6, 6.07) is 0. The van der Waals surface area contributed by atoms with Crippen molar-refractivity contribution >= 4 is 0 Å². The Kier molecular flexibility index (Phi) is 279. The maximum absolute atomic E-state index is 0. The maximum Gasteiger partial charge on any atom is 2.00 e. The van der Waals surface area contributed by atoms with E-state index in [1.54, 1.807) is 0 Å². The molecule has 0 bridgehead atoms. The van der Waals surface area contributed by atoms with E-state index in [4.69, 9.17) is 0 Å². The van der Waals surface area contributed by atoms with Crippen molar-refractivity contribution in [3.8, 4) is 0 Å². The second-order valence-electron chi connectivity index (χ2n) is 0. The largest absolute Gasteiger partial charge is 2.00 e. The van der Waals surface area contributed by atoms with Gasteiger partial charge in [-0.1, -0.05) is 0 Å². The Morgan fingerprint density at radius 3 is 1.00 bits per heavy atom. The Balaban J connectivity index is 0. The van der Waals surface area contributed by atoms with E-state index < -0.39 is 0 Å². The molecule has 0 aliphatic heterocycles. The van der Waals surface area contributed by atoms with Crippen molar-refractivity contribution in [3.63, 3.8) is 0 Å². The first-order chi connectivity index (χ1) is 0. The summed E-state index contributed by atoms with van der Waals surface area (Å²) in [4.78, 5) is 0. The summed E-state index contributed by atoms with van der Waals surface area (Å²) in [6.45, 7) is 0. The average molecular weight is 137 g/mol. The van der Waals surface area contributed by atoms with E-state index in [2.05, 4.69) is 0 Å². The Morgan fingerprint density at radius 2 is 1.00 bits per heavy atom. The summed E-state index contributed by atoms with van der Waals surface area (Å²) in [5, 5.41) is 0. The van der Waals surface area contributed by atoms with Crippen LogP contribution >= 0.6 is 0 Å². The quantitative estimate of drug-likeness (QED) is 0.316. The fourth-order valence-electron chi connectivity index (χ4n) is 0. The summed E-state index contributed by atoms with van der Waals surface area (Å²) >= 11 is 0. The zero-order valence-corrected chi connectivity index (χ0v) is 4.17. The molecule has 0 atom stereocenters. The molecule has 0 aliphatic carbocycles. The zero-order chi connectivity index (χ0) is 0. The van der Waals surface area contributed by atoms with Crippen molar-refractivity contribution in [1.82, 2.24) is 0 Å². The van der Waals surface area contributed by atoms with Crippen molar-refractivity contribution < 1.29 is 57.9 Å². The van der Waals surface area contributed by atoms with Crippen LogP contribution in [0.4, 0.5) is 0 Å². The topological polar surface area (TPSA) is 28.5 Å². The van der Waals surface area contributed by atoms with Crippen LogP contribution < -0.4 is 18.9 Å². The number of hydrogen-bond donors (Lipinski definition) is 0. The van der Waals surface area contributed by atoms with E-state index in [9.17, 15) is 0 Å². The van der Waals surface area contributed by atoms with Gasteiger partial charge in [-0.05, 0) is 0 Å². The first-order valence-electron chi connectivity index (χ1n) is 0. The maximum atomic E-state index is 0. The van der Waals surface area contributed by atoms with Gasteiger partial charge < -0.3 is 5.48 Å². The predicted molar refractivity (Wildman–Crippen MR) is 0.686 cm³/mol. The summed E-state index contributed by atoms with van der Waals surface area (Å²) < 4.78 is 0. The van der Waals surface area contributed by atoms with E-state index in [0.717, 1.165) is 0 Å². The molecule has 0 fully saturated rings. The van der Waals surface area contributed by atoms with Crippen molar-refractivity contribution in [2.75, 3.05) is 0 Å². The summed E-state index contributed by atoms with van der Waals surface area (Å²) in [5.41, 5.74) is 0. The first-order valence-corrected chi connectivity index (χ1v) is 0. The van der Waals surface area contributed by atoms with Gasteiger partial charge in [0.25, 0.3) is 0 Å². The van der Waals surface area contributed by atoms with E-state index in [0.29, 0.717) is 0 Å². The second kappa shape index (κ2) is 23.6. The normalized spacial score (nSPS) is 0. The van der Waals surface area contributed by atoms with Gasteiger partial charge in [0.1, 0.15) is 0 Å². The molecular weight excluding hydrogens is 137 g/mol. The molecule has 4 heteroatoms. The number of hydrogen-bond acceptors (Lipinski definition) is 0. The average Bonchev–Trinajstić information content (AvgIpc) is 0. The molecule has 0 aromatic carbocycles. The Morgan fingerprint density at radius 1 is 1.00 bits per heavy atom. The molecule has 1 nitrogen and oxygen atoms in total. The molecule has 4 heavy (non-hydrogen) atoms. The van der Waals surface area contributed by atoms with Gasteiger partial charge >= 0.3 is 52.4 Å². The van der Waals surface area contributed by atoms with Crippen LogP contribution in [0.5, 0.6) is 0 Å².